The number of rotatable bonds is 0. The van der Waals surface area contributed by atoms with Gasteiger partial charge in [-0.3, -0.25) is 5.84 Å². The van der Waals surface area contributed by atoms with E-state index in [1.54, 1.807) is 0 Å². The van der Waals surface area contributed by atoms with Crippen LogP contribution in [0.3, 0.4) is 0 Å². The normalized spacial score (nSPS) is 18.3. The number of hydrogen-bond acceptors (Lipinski definition) is 4. The summed E-state index contributed by atoms with van der Waals surface area (Å²) in [5.74, 6) is 4.60. The molecule has 78 valence electrons. The number of nitrogens with zero attached hydrogens (tertiary/aromatic N) is 4. The average molecular weight is 207 g/mol. The Morgan fingerprint density at radius 2 is 2.00 bits per heavy atom. The highest BCUT2D eigenvalue weighted by Crippen LogP contribution is 2.26. The molecule has 2 rings (SSSR count). The first-order valence-corrected chi connectivity index (χ1v) is 3.97. The van der Waals surface area contributed by atoms with Gasteiger partial charge in [-0.15, -0.1) is 5.10 Å². The Morgan fingerprint density at radius 3 is 2.64 bits per heavy atom. The lowest BCUT2D eigenvalue weighted by molar-refractivity contribution is -0.145. The molecule has 2 N–H and O–H groups in total. The van der Waals surface area contributed by atoms with Gasteiger partial charge in [0.2, 0.25) is 0 Å². The predicted octanol–water partition coefficient (Wildman–Crippen LogP) is -0.0138. The van der Waals surface area contributed by atoms with Crippen LogP contribution in [-0.4, -0.2) is 26.3 Å². The highest BCUT2D eigenvalue weighted by atomic mass is 19.4. The van der Waals surface area contributed by atoms with Crippen molar-refractivity contribution in [2.75, 3.05) is 6.54 Å². The van der Waals surface area contributed by atoms with Crippen molar-refractivity contribution in [1.29, 1.82) is 0 Å². The lowest BCUT2D eigenvalue weighted by Crippen LogP contribution is -2.39. The van der Waals surface area contributed by atoms with Gasteiger partial charge in [0.15, 0.2) is 0 Å². The number of halogens is 3. The van der Waals surface area contributed by atoms with E-state index in [1.165, 1.54) is 9.69 Å². The summed E-state index contributed by atoms with van der Waals surface area (Å²) in [6.07, 6.45) is -4.48. The summed E-state index contributed by atoms with van der Waals surface area (Å²) < 4.78 is 37.8. The van der Waals surface area contributed by atoms with Crippen molar-refractivity contribution in [3.63, 3.8) is 0 Å². The van der Waals surface area contributed by atoms with Crippen LogP contribution in [0.25, 0.3) is 0 Å². The van der Waals surface area contributed by atoms with Crippen LogP contribution in [0, 0.1) is 0 Å². The van der Waals surface area contributed by atoms with Gasteiger partial charge in [0.25, 0.3) is 5.82 Å². The van der Waals surface area contributed by atoms with Gasteiger partial charge >= 0.3 is 6.18 Å². The lowest BCUT2D eigenvalue weighted by Gasteiger charge is -2.21. The second kappa shape index (κ2) is 2.92. The van der Waals surface area contributed by atoms with Crippen LogP contribution in [0.2, 0.25) is 0 Å². The number of aromatic nitrogens is 3. The fourth-order valence-electron chi connectivity index (χ4n) is 1.27. The maximum atomic E-state index is 12.2. The molecule has 0 unspecified atom stereocenters. The zero-order chi connectivity index (χ0) is 10.3. The number of alkyl halides is 3. The second-order valence-electron chi connectivity index (χ2n) is 3.04. The molecular weight excluding hydrogens is 199 g/mol. The molecule has 0 amide bonds. The first-order valence-electron chi connectivity index (χ1n) is 3.97. The molecule has 0 fully saturated rings. The van der Waals surface area contributed by atoms with Crippen LogP contribution in [0.1, 0.15) is 11.6 Å². The van der Waals surface area contributed by atoms with Crippen molar-refractivity contribution >= 4 is 0 Å². The van der Waals surface area contributed by atoms with E-state index in [1.807, 2.05) is 0 Å². The third kappa shape index (κ3) is 1.58. The van der Waals surface area contributed by atoms with Crippen LogP contribution >= 0.6 is 0 Å². The highest BCUT2D eigenvalue weighted by Gasteiger charge is 2.37. The van der Waals surface area contributed by atoms with Crippen molar-refractivity contribution in [2.45, 2.75) is 19.3 Å². The Labute approximate surface area is 77.3 Å². The van der Waals surface area contributed by atoms with Crippen LogP contribution in [-0.2, 0) is 19.3 Å². The maximum Gasteiger partial charge on any atom is 0.453 e. The number of fused-ring (bicyclic) bond motifs is 1. The first-order chi connectivity index (χ1) is 6.47. The molecule has 0 saturated carbocycles. The molecule has 1 aliphatic heterocycles. The predicted molar refractivity (Wildman–Crippen MR) is 39.6 cm³/mol. The Balaban J connectivity index is 2.32. The monoisotopic (exact) mass is 207 g/mol. The minimum Gasteiger partial charge on any atom is -0.268 e. The lowest BCUT2D eigenvalue weighted by atomic mass is 10.4. The van der Waals surface area contributed by atoms with Gasteiger partial charge in [0.05, 0.1) is 13.1 Å². The van der Waals surface area contributed by atoms with Gasteiger partial charge in [-0.05, 0) is 0 Å². The fraction of sp³-hybridized carbons (Fsp3) is 0.667. The number of hydrazine groups is 1. The van der Waals surface area contributed by atoms with Gasteiger partial charge < -0.3 is 0 Å². The minimum atomic E-state index is -4.48. The molecule has 0 radical (unpaired) electrons. The second-order valence-corrected chi connectivity index (χ2v) is 3.04. The summed E-state index contributed by atoms with van der Waals surface area (Å²) in [7, 11) is 0. The van der Waals surface area contributed by atoms with Gasteiger partial charge in [0.1, 0.15) is 5.82 Å². The molecule has 0 atom stereocenters. The van der Waals surface area contributed by atoms with Crippen molar-refractivity contribution in [3.8, 4) is 0 Å². The van der Waals surface area contributed by atoms with Crippen LogP contribution in [0.5, 0.6) is 0 Å². The van der Waals surface area contributed by atoms with Gasteiger partial charge in [-0.25, -0.2) is 14.7 Å². The summed E-state index contributed by atoms with van der Waals surface area (Å²) in [6.45, 7) is 1.02. The van der Waals surface area contributed by atoms with E-state index in [0.29, 0.717) is 13.1 Å². The standard InChI is InChI=1S/C6H8F3N5/c7-6(8,9)5-11-4-3-13(10)1-2-14(4)12-5/h1-3,10H2. The molecular formula is C6H8F3N5. The quantitative estimate of drug-likeness (QED) is 0.607. The molecule has 0 saturated heterocycles. The van der Waals surface area contributed by atoms with Crippen molar-refractivity contribution in [3.05, 3.63) is 11.6 Å². The zero-order valence-corrected chi connectivity index (χ0v) is 7.12. The van der Waals surface area contributed by atoms with Crippen LogP contribution < -0.4 is 5.84 Å². The molecule has 1 aromatic heterocycles. The molecule has 8 heteroatoms. The van der Waals surface area contributed by atoms with E-state index in [2.05, 4.69) is 10.1 Å². The minimum absolute atomic E-state index is 0.197. The van der Waals surface area contributed by atoms with Crippen molar-refractivity contribution in [2.24, 2.45) is 5.84 Å². The van der Waals surface area contributed by atoms with Crippen molar-refractivity contribution < 1.29 is 13.2 Å². The summed E-state index contributed by atoms with van der Waals surface area (Å²) in [5.41, 5.74) is 0. The molecule has 0 aliphatic carbocycles. The Kier molecular flexibility index (Phi) is 1.96. The molecule has 14 heavy (non-hydrogen) atoms. The van der Waals surface area contributed by atoms with E-state index in [9.17, 15) is 13.2 Å². The number of hydrogen-bond donors (Lipinski definition) is 1. The van der Waals surface area contributed by atoms with Crippen LogP contribution in [0.4, 0.5) is 13.2 Å². The molecule has 1 aliphatic rings. The Bertz CT molecular complexity index is 344. The van der Waals surface area contributed by atoms with Crippen molar-refractivity contribution in [1.82, 2.24) is 19.8 Å². The van der Waals surface area contributed by atoms with Gasteiger partial charge in [0, 0.05) is 6.54 Å². The molecule has 0 bridgehead atoms. The number of nitrogens with two attached hydrogens (primary N) is 1. The van der Waals surface area contributed by atoms with E-state index in [4.69, 9.17) is 5.84 Å². The summed E-state index contributed by atoms with van der Waals surface area (Å²) in [4.78, 5) is 3.38. The van der Waals surface area contributed by atoms with Crippen LogP contribution in [0.15, 0.2) is 0 Å². The van der Waals surface area contributed by atoms with E-state index in [0.717, 1.165) is 0 Å². The largest absolute Gasteiger partial charge is 0.453 e. The summed E-state index contributed by atoms with van der Waals surface area (Å²) in [5, 5.41) is 4.76. The highest BCUT2D eigenvalue weighted by molar-refractivity contribution is 4.98. The molecule has 5 nitrogen and oxygen atoms in total. The van der Waals surface area contributed by atoms with Gasteiger partial charge in [-0.2, -0.15) is 13.2 Å². The fourth-order valence-corrected chi connectivity index (χ4v) is 1.27. The van der Waals surface area contributed by atoms with Gasteiger partial charge in [-0.1, -0.05) is 0 Å². The smallest absolute Gasteiger partial charge is 0.268 e. The third-order valence-electron chi connectivity index (χ3n) is 1.95. The SMILES string of the molecule is NN1CCn2nc(C(F)(F)F)nc2C1. The average Bonchev–Trinajstić information content (AvgIpc) is 2.45. The molecule has 2 heterocycles. The third-order valence-corrected chi connectivity index (χ3v) is 1.95. The topological polar surface area (TPSA) is 60.0 Å². The maximum absolute atomic E-state index is 12.2. The first kappa shape index (κ1) is 9.41. The van der Waals surface area contributed by atoms with E-state index < -0.39 is 12.0 Å². The molecule has 0 spiro atoms. The summed E-state index contributed by atoms with van der Waals surface area (Å²) >= 11 is 0. The molecule has 1 aromatic rings. The Hall–Kier alpha value is -1.15. The van der Waals surface area contributed by atoms with E-state index >= 15 is 0 Å². The summed E-state index contributed by atoms with van der Waals surface area (Å²) in [6, 6.07) is 0. The van der Waals surface area contributed by atoms with E-state index in [-0.39, 0.29) is 12.4 Å². The Morgan fingerprint density at radius 1 is 1.29 bits per heavy atom. The zero-order valence-electron chi connectivity index (χ0n) is 7.12. The molecule has 0 aromatic carbocycles.